The fourth-order valence-electron chi connectivity index (χ4n) is 4.42. The summed E-state index contributed by atoms with van der Waals surface area (Å²) in [6.07, 6.45) is 4.15. The second-order valence-electron chi connectivity index (χ2n) is 7.48. The standard InChI is InChI=1S/C21H22N6/c22-11-15-5-6-17(24-12-15)13-27-20-4-2-1-3-18(20)25-21(27)26-10-8-16-7-9-23-19(16)14-26/h1-6,12,16,19,23H,7-10,13-14H2/t16-,19+/m0/s1. The highest BCUT2D eigenvalue weighted by Gasteiger charge is 2.34. The van der Waals surface area contributed by atoms with Crippen molar-refractivity contribution in [2.45, 2.75) is 25.4 Å². The van der Waals surface area contributed by atoms with Gasteiger partial charge in [0, 0.05) is 25.3 Å². The van der Waals surface area contributed by atoms with Crippen LogP contribution in [0, 0.1) is 17.2 Å². The van der Waals surface area contributed by atoms with Crippen LogP contribution in [0.2, 0.25) is 0 Å². The summed E-state index contributed by atoms with van der Waals surface area (Å²) in [6.45, 7) is 3.84. The SMILES string of the molecule is N#Cc1ccc(Cn2c(N3CC[C@@H]4CCN[C@@H]4C3)nc3ccccc32)nc1. The molecule has 6 nitrogen and oxygen atoms in total. The molecule has 27 heavy (non-hydrogen) atoms. The number of benzene rings is 1. The Labute approximate surface area is 158 Å². The summed E-state index contributed by atoms with van der Waals surface area (Å²) in [5.74, 6) is 1.83. The molecule has 4 heterocycles. The Balaban J connectivity index is 1.51. The monoisotopic (exact) mass is 358 g/mol. The van der Waals surface area contributed by atoms with Crippen molar-refractivity contribution in [1.29, 1.82) is 5.26 Å². The minimum absolute atomic E-state index is 0.569. The third kappa shape index (κ3) is 2.94. The van der Waals surface area contributed by atoms with E-state index in [0.717, 1.165) is 48.2 Å². The van der Waals surface area contributed by atoms with Gasteiger partial charge in [0.1, 0.15) is 6.07 Å². The first kappa shape index (κ1) is 16.3. The van der Waals surface area contributed by atoms with Gasteiger partial charge in [-0.2, -0.15) is 5.26 Å². The molecule has 2 aliphatic rings. The number of anilines is 1. The molecular formula is C21H22N6. The molecule has 0 radical (unpaired) electrons. The van der Waals surface area contributed by atoms with E-state index in [-0.39, 0.29) is 0 Å². The van der Waals surface area contributed by atoms with Crippen LogP contribution in [0.3, 0.4) is 0 Å². The molecule has 136 valence electrons. The van der Waals surface area contributed by atoms with Gasteiger partial charge in [-0.05, 0) is 49.6 Å². The molecule has 2 aliphatic heterocycles. The molecule has 0 bridgehead atoms. The number of hydrogen-bond donors (Lipinski definition) is 1. The van der Waals surface area contributed by atoms with E-state index in [1.165, 1.54) is 12.8 Å². The fourth-order valence-corrected chi connectivity index (χ4v) is 4.42. The minimum Gasteiger partial charge on any atom is -0.341 e. The van der Waals surface area contributed by atoms with Crippen LogP contribution >= 0.6 is 0 Å². The maximum Gasteiger partial charge on any atom is 0.206 e. The van der Waals surface area contributed by atoms with Crippen molar-refractivity contribution in [1.82, 2.24) is 19.9 Å². The van der Waals surface area contributed by atoms with Crippen molar-refractivity contribution >= 4 is 17.0 Å². The van der Waals surface area contributed by atoms with Gasteiger partial charge in [-0.1, -0.05) is 12.1 Å². The molecule has 2 aromatic heterocycles. The first-order valence-corrected chi connectivity index (χ1v) is 9.60. The molecule has 5 rings (SSSR count). The van der Waals surface area contributed by atoms with Crippen molar-refractivity contribution in [3.8, 4) is 6.07 Å². The van der Waals surface area contributed by atoms with Crippen molar-refractivity contribution in [2.24, 2.45) is 5.92 Å². The highest BCUT2D eigenvalue weighted by Crippen LogP contribution is 2.30. The number of imidazole rings is 1. The minimum atomic E-state index is 0.569. The van der Waals surface area contributed by atoms with E-state index < -0.39 is 0 Å². The molecular weight excluding hydrogens is 336 g/mol. The Kier molecular flexibility index (Phi) is 4.02. The number of nitrogens with one attached hydrogen (secondary N) is 1. The molecule has 2 saturated heterocycles. The first-order valence-electron chi connectivity index (χ1n) is 9.60. The second-order valence-corrected chi connectivity index (χ2v) is 7.48. The predicted octanol–water partition coefficient (Wildman–Crippen LogP) is 2.54. The molecule has 0 spiro atoms. The molecule has 0 unspecified atom stereocenters. The number of hydrogen-bond acceptors (Lipinski definition) is 5. The van der Waals surface area contributed by atoms with Gasteiger partial charge in [-0.25, -0.2) is 4.98 Å². The van der Waals surface area contributed by atoms with Crippen LogP contribution in [0.15, 0.2) is 42.6 Å². The van der Waals surface area contributed by atoms with Gasteiger partial charge in [0.05, 0.1) is 28.8 Å². The van der Waals surface area contributed by atoms with Crippen LogP contribution in [0.4, 0.5) is 5.95 Å². The van der Waals surface area contributed by atoms with Gasteiger partial charge in [0.25, 0.3) is 0 Å². The molecule has 1 aromatic carbocycles. The molecule has 0 saturated carbocycles. The molecule has 0 amide bonds. The van der Waals surface area contributed by atoms with Gasteiger partial charge in [0.15, 0.2) is 0 Å². The maximum atomic E-state index is 9.00. The number of piperidine rings is 1. The number of fused-ring (bicyclic) bond motifs is 2. The summed E-state index contributed by atoms with van der Waals surface area (Å²) in [5.41, 5.74) is 3.67. The number of nitriles is 1. The lowest BCUT2D eigenvalue weighted by molar-refractivity contribution is 0.369. The molecule has 1 N–H and O–H groups in total. The zero-order chi connectivity index (χ0) is 18.2. The molecule has 3 aromatic rings. The first-order chi connectivity index (χ1) is 13.3. The molecule has 0 aliphatic carbocycles. The van der Waals surface area contributed by atoms with E-state index in [4.69, 9.17) is 10.2 Å². The normalized spacial score (nSPS) is 22.0. The Hall–Kier alpha value is -2.91. The van der Waals surface area contributed by atoms with Gasteiger partial charge in [-0.3, -0.25) is 4.98 Å². The van der Waals surface area contributed by atoms with Crippen LogP contribution in [-0.4, -0.2) is 40.2 Å². The lowest BCUT2D eigenvalue weighted by Gasteiger charge is -2.35. The number of aromatic nitrogens is 3. The van der Waals surface area contributed by atoms with Gasteiger partial charge >= 0.3 is 0 Å². The van der Waals surface area contributed by atoms with Crippen molar-refractivity contribution in [3.05, 3.63) is 53.9 Å². The maximum absolute atomic E-state index is 9.00. The van der Waals surface area contributed by atoms with E-state index in [1.54, 1.807) is 6.20 Å². The Morgan fingerprint density at radius 2 is 2.11 bits per heavy atom. The number of para-hydroxylation sites is 2. The summed E-state index contributed by atoms with van der Waals surface area (Å²) in [5, 5.41) is 12.6. The average Bonchev–Trinajstić information content (AvgIpc) is 3.33. The number of rotatable bonds is 3. The Morgan fingerprint density at radius 3 is 2.96 bits per heavy atom. The average molecular weight is 358 g/mol. The van der Waals surface area contributed by atoms with Crippen molar-refractivity contribution in [2.75, 3.05) is 24.5 Å². The smallest absolute Gasteiger partial charge is 0.206 e. The molecule has 2 fully saturated rings. The highest BCUT2D eigenvalue weighted by atomic mass is 15.3. The quantitative estimate of drug-likeness (QED) is 0.779. The molecule has 6 heteroatoms. The summed E-state index contributed by atoms with van der Waals surface area (Å²) < 4.78 is 2.26. The van der Waals surface area contributed by atoms with Gasteiger partial charge in [0.2, 0.25) is 5.95 Å². The second kappa shape index (κ2) is 6.67. The van der Waals surface area contributed by atoms with Gasteiger partial charge < -0.3 is 14.8 Å². The van der Waals surface area contributed by atoms with Crippen LogP contribution < -0.4 is 10.2 Å². The Morgan fingerprint density at radius 1 is 1.19 bits per heavy atom. The van der Waals surface area contributed by atoms with Crippen LogP contribution in [0.5, 0.6) is 0 Å². The van der Waals surface area contributed by atoms with E-state index >= 15 is 0 Å². The van der Waals surface area contributed by atoms with E-state index in [0.29, 0.717) is 18.2 Å². The lowest BCUT2D eigenvalue weighted by atomic mass is 9.93. The van der Waals surface area contributed by atoms with Crippen LogP contribution in [-0.2, 0) is 6.54 Å². The van der Waals surface area contributed by atoms with E-state index in [9.17, 15) is 0 Å². The van der Waals surface area contributed by atoms with E-state index in [2.05, 4.69) is 44.0 Å². The Bertz CT molecular complexity index is 1000. The summed E-state index contributed by atoms with van der Waals surface area (Å²) >= 11 is 0. The largest absolute Gasteiger partial charge is 0.341 e. The summed E-state index contributed by atoms with van der Waals surface area (Å²) in [6, 6.07) is 14.7. The fraction of sp³-hybridized carbons (Fsp3) is 0.381. The molecule has 2 atom stereocenters. The summed E-state index contributed by atoms with van der Waals surface area (Å²) in [4.78, 5) is 11.8. The number of nitrogens with zero attached hydrogens (tertiary/aromatic N) is 5. The van der Waals surface area contributed by atoms with Gasteiger partial charge in [-0.15, -0.1) is 0 Å². The summed E-state index contributed by atoms with van der Waals surface area (Å²) in [7, 11) is 0. The van der Waals surface area contributed by atoms with Crippen molar-refractivity contribution < 1.29 is 0 Å². The van der Waals surface area contributed by atoms with Crippen LogP contribution in [0.1, 0.15) is 24.1 Å². The zero-order valence-corrected chi connectivity index (χ0v) is 15.2. The van der Waals surface area contributed by atoms with E-state index in [1.807, 2.05) is 18.2 Å². The number of pyridine rings is 1. The predicted molar refractivity (Wildman–Crippen MR) is 105 cm³/mol. The van der Waals surface area contributed by atoms with Crippen LogP contribution in [0.25, 0.3) is 11.0 Å². The third-order valence-electron chi connectivity index (χ3n) is 5.87. The lowest BCUT2D eigenvalue weighted by Crippen LogP contribution is -2.47. The third-order valence-corrected chi connectivity index (χ3v) is 5.87. The van der Waals surface area contributed by atoms with Crippen molar-refractivity contribution in [3.63, 3.8) is 0 Å². The highest BCUT2D eigenvalue weighted by molar-refractivity contribution is 5.79. The zero-order valence-electron chi connectivity index (χ0n) is 15.2. The topological polar surface area (TPSA) is 69.8 Å².